The third-order valence-electron chi connectivity index (χ3n) is 3.35. The molecule has 88 valence electrons. The summed E-state index contributed by atoms with van der Waals surface area (Å²) in [5.74, 6) is 1.47. The van der Waals surface area contributed by atoms with Crippen LogP contribution < -0.4 is 0 Å². The van der Waals surface area contributed by atoms with Gasteiger partial charge in [0.1, 0.15) is 5.82 Å². The van der Waals surface area contributed by atoms with Crippen molar-refractivity contribution in [1.82, 2.24) is 14.9 Å². The first-order chi connectivity index (χ1) is 7.47. The van der Waals surface area contributed by atoms with Crippen LogP contribution in [-0.2, 0) is 0 Å². The molecule has 1 unspecified atom stereocenters. The second kappa shape index (κ2) is 4.13. The van der Waals surface area contributed by atoms with Gasteiger partial charge in [0.2, 0.25) is 0 Å². The van der Waals surface area contributed by atoms with E-state index < -0.39 is 0 Å². The lowest BCUT2D eigenvalue weighted by Gasteiger charge is -2.31. The van der Waals surface area contributed by atoms with E-state index in [4.69, 9.17) is 0 Å². The summed E-state index contributed by atoms with van der Waals surface area (Å²) < 4.78 is 0. The topological polar surface area (TPSA) is 29.0 Å². The highest BCUT2D eigenvalue weighted by molar-refractivity contribution is 5.11. The quantitative estimate of drug-likeness (QED) is 0.726. The normalized spacial score (nSPS) is 22.6. The minimum absolute atomic E-state index is 0.275. The van der Waals surface area contributed by atoms with E-state index in [0.29, 0.717) is 5.92 Å². The van der Waals surface area contributed by atoms with Crippen LogP contribution in [0.2, 0.25) is 0 Å². The van der Waals surface area contributed by atoms with Gasteiger partial charge < -0.3 is 0 Å². The van der Waals surface area contributed by atoms with Crippen LogP contribution in [0.5, 0.6) is 0 Å². The zero-order valence-corrected chi connectivity index (χ0v) is 10.7. The molecule has 3 nitrogen and oxygen atoms in total. The molecule has 16 heavy (non-hydrogen) atoms. The third-order valence-corrected chi connectivity index (χ3v) is 3.35. The van der Waals surface area contributed by atoms with Crippen LogP contribution >= 0.6 is 0 Å². The van der Waals surface area contributed by atoms with Crippen LogP contribution in [0.4, 0.5) is 0 Å². The molecule has 0 radical (unpaired) electrons. The summed E-state index contributed by atoms with van der Waals surface area (Å²) in [6.45, 7) is 11.1. The number of hydrogen-bond acceptors (Lipinski definition) is 3. The zero-order chi connectivity index (χ0) is 11.8. The molecule has 1 aromatic rings. The fourth-order valence-electron chi connectivity index (χ4n) is 2.31. The monoisotopic (exact) mass is 219 g/mol. The summed E-state index contributed by atoms with van der Waals surface area (Å²) in [6.07, 6.45) is 3.09. The molecule has 1 saturated heterocycles. The Hall–Kier alpha value is -0.960. The third kappa shape index (κ3) is 2.40. The predicted molar refractivity (Wildman–Crippen MR) is 65.5 cm³/mol. The van der Waals surface area contributed by atoms with Crippen molar-refractivity contribution in [1.29, 1.82) is 0 Å². The Morgan fingerprint density at radius 3 is 2.69 bits per heavy atom. The Morgan fingerprint density at radius 2 is 2.12 bits per heavy atom. The molecule has 0 bridgehead atoms. The van der Waals surface area contributed by atoms with Crippen LogP contribution in [-0.4, -0.2) is 33.5 Å². The van der Waals surface area contributed by atoms with Gasteiger partial charge >= 0.3 is 0 Å². The summed E-state index contributed by atoms with van der Waals surface area (Å²) in [5, 5.41) is 0. The van der Waals surface area contributed by atoms with E-state index in [-0.39, 0.29) is 5.54 Å². The van der Waals surface area contributed by atoms with Crippen molar-refractivity contribution in [2.24, 2.45) is 0 Å². The Morgan fingerprint density at radius 1 is 1.38 bits per heavy atom. The fraction of sp³-hybridized carbons (Fsp3) is 0.692. The smallest absolute Gasteiger partial charge is 0.125 e. The molecule has 1 aliphatic rings. The number of hydrogen-bond donors (Lipinski definition) is 0. The zero-order valence-electron chi connectivity index (χ0n) is 10.7. The number of aryl methyl sites for hydroxylation is 1. The van der Waals surface area contributed by atoms with Crippen molar-refractivity contribution in [3.05, 3.63) is 23.8 Å². The molecular weight excluding hydrogens is 198 g/mol. The van der Waals surface area contributed by atoms with Crippen molar-refractivity contribution in [3.63, 3.8) is 0 Å². The van der Waals surface area contributed by atoms with Gasteiger partial charge in [-0.15, -0.1) is 0 Å². The van der Waals surface area contributed by atoms with Crippen molar-refractivity contribution < 1.29 is 0 Å². The first-order valence-electron chi connectivity index (χ1n) is 6.01. The molecule has 0 N–H and O–H groups in total. The Kier molecular flexibility index (Phi) is 2.98. The highest BCUT2D eigenvalue weighted by Gasteiger charge is 2.31. The molecule has 2 rings (SSSR count). The lowest BCUT2D eigenvalue weighted by Crippen LogP contribution is -2.39. The average Bonchev–Trinajstić information content (AvgIpc) is 2.65. The minimum Gasteiger partial charge on any atom is -0.298 e. The summed E-state index contributed by atoms with van der Waals surface area (Å²) in [7, 11) is 0. The van der Waals surface area contributed by atoms with Gasteiger partial charge in [-0.05, 0) is 46.7 Å². The van der Waals surface area contributed by atoms with Crippen LogP contribution in [0.15, 0.2) is 12.3 Å². The van der Waals surface area contributed by atoms with Crippen molar-refractivity contribution in [3.8, 4) is 0 Å². The van der Waals surface area contributed by atoms with Gasteiger partial charge in [-0.3, -0.25) is 4.90 Å². The summed E-state index contributed by atoms with van der Waals surface area (Å²) >= 11 is 0. The van der Waals surface area contributed by atoms with Gasteiger partial charge in [-0.2, -0.15) is 0 Å². The SMILES string of the molecule is Cc1nccc(C2CCN(C(C)(C)C)C2)n1. The van der Waals surface area contributed by atoms with Gasteiger partial charge in [-0.25, -0.2) is 9.97 Å². The molecule has 2 heterocycles. The standard InChI is InChI=1S/C13H21N3/c1-10-14-7-5-12(15-10)11-6-8-16(9-11)13(2,3)4/h5,7,11H,6,8-9H2,1-4H3. The number of rotatable bonds is 1. The van der Waals surface area contributed by atoms with Crippen LogP contribution in [0.3, 0.4) is 0 Å². The van der Waals surface area contributed by atoms with Gasteiger partial charge in [0.25, 0.3) is 0 Å². The molecule has 0 aromatic carbocycles. The van der Waals surface area contributed by atoms with Crippen LogP contribution in [0.25, 0.3) is 0 Å². The van der Waals surface area contributed by atoms with Crippen LogP contribution in [0, 0.1) is 6.92 Å². The van der Waals surface area contributed by atoms with E-state index in [1.807, 2.05) is 13.1 Å². The van der Waals surface area contributed by atoms with E-state index >= 15 is 0 Å². The molecule has 3 heteroatoms. The van der Waals surface area contributed by atoms with E-state index in [1.165, 1.54) is 18.7 Å². The first-order valence-corrected chi connectivity index (χ1v) is 6.01. The molecular formula is C13H21N3. The predicted octanol–water partition coefficient (Wildman–Crippen LogP) is 2.37. The molecule has 0 saturated carbocycles. The van der Waals surface area contributed by atoms with Crippen molar-refractivity contribution >= 4 is 0 Å². The molecule has 0 amide bonds. The average molecular weight is 219 g/mol. The highest BCUT2D eigenvalue weighted by atomic mass is 15.2. The summed E-state index contributed by atoms with van der Waals surface area (Å²) in [4.78, 5) is 11.2. The summed E-state index contributed by atoms with van der Waals surface area (Å²) in [5.41, 5.74) is 1.48. The largest absolute Gasteiger partial charge is 0.298 e. The Labute approximate surface area is 97.9 Å². The summed E-state index contributed by atoms with van der Waals surface area (Å²) in [6, 6.07) is 2.06. The molecule has 0 spiro atoms. The van der Waals surface area contributed by atoms with E-state index in [2.05, 4.69) is 41.7 Å². The lowest BCUT2D eigenvalue weighted by atomic mass is 10.0. The molecule has 1 atom stereocenters. The van der Waals surface area contributed by atoms with Crippen LogP contribution in [0.1, 0.15) is 44.6 Å². The molecule has 1 aliphatic heterocycles. The second-order valence-electron chi connectivity index (χ2n) is 5.63. The molecule has 0 aliphatic carbocycles. The maximum Gasteiger partial charge on any atom is 0.125 e. The van der Waals surface area contributed by atoms with Gasteiger partial charge in [0, 0.05) is 29.9 Å². The number of likely N-dealkylation sites (tertiary alicyclic amines) is 1. The number of nitrogens with zero attached hydrogens (tertiary/aromatic N) is 3. The Bertz CT molecular complexity index is 368. The lowest BCUT2D eigenvalue weighted by molar-refractivity contribution is 0.172. The second-order valence-corrected chi connectivity index (χ2v) is 5.63. The maximum atomic E-state index is 4.53. The van der Waals surface area contributed by atoms with Gasteiger partial charge in [-0.1, -0.05) is 0 Å². The van der Waals surface area contributed by atoms with Crippen molar-refractivity contribution in [2.45, 2.75) is 45.6 Å². The molecule has 1 aromatic heterocycles. The maximum absolute atomic E-state index is 4.53. The Balaban J connectivity index is 2.09. The number of aromatic nitrogens is 2. The molecule has 1 fully saturated rings. The highest BCUT2D eigenvalue weighted by Crippen LogP contribution is 2.30. The van der Waals surface area contributed by atoms with Gasteiger partial charge in [0.15, 0.2) is 0 Å². The first kappa shape index (κ1) is 11.5. The van der Waals surface area contributed by atoms with E-state index in [9.17, 15) is 0 Å². The minimum atomic E-state index is 0.275. The van der Waals surface area contributed by atoms with E-state index in [0.717, 1.165) is 12.4 Å². The fourth-order valence-corrected chi connectivity index (χ4v) is 2.31. The van der Waals surface area contributed by atoms with Crippen molar-refractivity contribution in [2.75, 3.05) is 13.1 Å². The van der Waals surface area contributed by atoms with Gasteiger partial charge in [0.05, 0.1) is 0 Å². The van der Waals surface area contributed by atoms with E-state index in [1.54, 1.807) is 0 Å².